The molecule has 0 spiro atoms. The van der Waals surface area contributed by atoms with Gasteiger partial charge in [-0.1, -0.05) is 36.4 Å². The average Bonchev–Trinajstić information content (AvgIpc) is 3.37. The SMILES string of the molecule is COCCN(CC(=O)N(CCc1c[nH]c2ccccc12)Cc1ccc(F)cc1)C(=O)Nc1cccc(OC)c1. The molecule has 204 valence electrons. The van der Waals surface area contributed by atoms with Gasteiger partial charge in [0, 0.05) is 55.6 Å². The van der Waals surface area contributed by atoms with E-state index in [9.17, 15) is 14.0 Å². The lowest BCUT2D eigenvalue weighted by atomic mass is 10.1. The van der Waals surface area contributed by atoms with Crippen molar-refractivity contribution in [3.8, 4) is 5.75 Å². The number of carbonyl (C=O) groups excluding carboxylic acids is 2. The van der Waals surface area contributed by atoms with Crippen LogP contribution in [0.4, 0.5) is 14.9 Å². The number of ether oxygens (including phenoxy) is 2. The van der Waals surface area contributed by atoms with Crippen LogP contribution < -0.4 is 10.1 Å². The van der Waals surface area contributed by atoms with Crippen molar-refractivity contribution in [1.82, 2.24) is 14.8 Å². The van der Waals surface area contributed by atoms with Crippen molar-refractivity contribution in [3.05, 3.63) is 95.9 Å². The molecular weight excluding hydrogens is 499 g/mol. The fraction of sp³-hybridized carbons (Fsp3) is 0.267. The summed E-state index contributed by atoms with van der Waals surface area (Å²) in [7, 11) is 3.10. The van der Waals surface area contributed by atoms with Crippen LogP contribution in [0.3, 0.4) is 0 Å². The zero-order valence-electron chi connectivity index (χ0n) is 22.2. The number of methoxy groups -OCH3 is 2. The van der Waals surface area contributed by atoms with Gasteiger partial charge in [-0.25, -0.2) is 9.18 Å². The van der Waals surface area contributed by atoms with Crippen molar-refractivity contribution in [3.63, 3.8) is 0 Å². The molecule has 4 aromatic rings. The predicted molar refractivity (Wildman–Crippen MR) is 149 cm³/mol. The maximum Gasteiger partial charge on any atom is 0.322 e. The number of hydrogen-bond donors (Lipinski definition) is 2. The van der Waals surface area contributed by atoms with E-state index in [0.717, 1.165) is 22.0 Å². The monoisotopic (exact) mass is 532 g/mol. The van der Waals surface area contributed by atoms with Crippen LogP contribution in [0.15, 0.2) is 79.0 Å². The first-order chi connectivity index (χ1) is 19.0. The van der Waals surface area contributed by atoms with Crippen LogP contribution in [0.2, 0.25) is 0 Å². The van der Waals surface area contributed by atoms with Gasteiger partial charge in [0.25, 0.3) is 0 Å². The van der Waals surface area contributed by atoms with Gasteiger partial charge in [-0.15, -0.1) is 0 Å². The third-order valence-electron chi connectivity index (χ3n) is 6.47. The number of fused-ring (bicyclic) bond motifs is 1. The summed E-state index contributed by atoms with van der Waals surface area (Å²) in [5, 5.41) is 3.94. The summed E-state index contributed by atoms with van der Waals surface area (Å²) < 4.78 is 23.9. The Kier molecular flexibility index (Phi) is 9.53. The Labute approximate surface area is 227 Å². The summed E-state index contributed by atoms with van der Waals surface area (Å²) in [5.41, 5.74) is 3.48. The summed E-state index contributed by atoms with van der Waals surface area (Å²) in [6, 6.07) is 20.7. The van der Waals surface area contributed by atoms with Crippen molar-refractivity contribution in [2.45, 2.75) is 13.0 Å². The van der Waals surface area contributed by atoms with E-state index in [1.807, 2.05) is 30.5 Å². The number of aromatic amines is 1. The number of H-pyrrole nitrogens is 1. The minimum absolute atomic E-state index is 0.145. The molecule has 2 N–H and O–H groups in total. The van der Waals surface area contributed by atoms with E-state index < -0.39 is 6.03 Å². The van der Waals surface area contributed by atoms with E-state index >= 15 is 0 Å². The van der Waals surface area contributed by atoms with Crippen molar-refractivity contribution in [2.24, 2.45) is 0 Å². The highest BCUT2D eigenvalue weighted by Crippen LogP contribution is 2.20. The van der Waals surface area contributed by atoms with Gasteiger partial charge >= 0.3 is 6.03 Å². The summed E-state index contributed by atoms with van der Waals surface area (Å²) in [6.07, 6.45) is 2.57. The predicted octanol–water partition coefficient (Wildman–Crippen LogP) is 5.07. The summed E-state index contributed by atoms with van der Waals surface area (Å²) in [6.45, 7) is 1.07. The molecule has 0 saturated heterocycles. The number of hydrogen-bond acceptors (Lipinski definition) is 4. The zero-order chi connectivity index (χ0) is 27.6. The van der Waals surface area contributed by atoms with Crippen LogP contribution in [-0.4, -0.2) is 67.2 Å². The second kappa shape index (κ2) is 13.4. The van der Waals surface area contributed by atoms with Gasteiger partial charge in [0.15, 0.2) is 0 Å². The number of para-hydroxylation sites is 1. The number of urea groups is 1. The molecule has 9 heteroatoms. The number of nitrogens with zero attached hydrogens (tertiary/aromatic N) is 2. The van der Waals surface area contributed by atoms with Crippen LogP contribution in [0.5, 0.6) is 5.75 Å². The number of rotatable bonds is 12. The maximum absolute atomic E-state index is 13.6. The smallest absolute Gasteiger partial charge is 0.322 e. The maximum atomic E-state index is 13.6. The largest absolute Gasteiger partial charge is 0.497 e. The Morgan fingerprint density at radius 1 is 0.949 bits per heavy atom. The Bertz CT molecular complexity index is 1390. The molecule has 0 aliphatic heterocycles. The molecule has 0 radical (unpaired) electrons. The molecular formula is C30H33FN4O4. The lowest BCUT2D eigenvalue weighted by molar-refractivity contribution is -0.132. The summed E-state index contributed by atoms with van der Waals surface area (Å²) in [5.74, 6) is 0.0431. The van der Waals surface area contributed by atoms with Gasteiger partial charge in [0.2, 0.25) is 5.91 Å². The van der Waals surface area contributed by atoms with Crippen LogP contribution in [-0.2, 0) is 22.5 Å². The van der Waals surface area contributed by atoms with E-state index in [0.29, 0.717) is 24.4 Å². The molecule has 0 atom stereocenters. The van der Waals surface area contributed by atoms with E-state index in [-0.39, 0.29) is 38.0 Å². The molecule has 0 aliphatic carbocycles. The highest BCUT2D eigenvalue weighted by molar-refractivity contribution is 5.92. The third kappa shape index (κ3) is 7.58. The Hall–Kier alpha value is -4.37. The quantitative estimate of drug-likeness (QED) is 0.267. The highest BCUT2D eigenvalue weighted by Gasteiger charge is 2.22. The summed E-state index contributed by atoms with van der Waals surface area (Å²) >= 11 is 0. The minimum atomic E-state index is -0.424. The van der Waals surface area contributed by atoms with Gasteiger partial charge in [0.05, 0.1) is 13.7 Å². The highest BCUT2D eigenvalue weighted by atomic mass is 19.1. The lowest BCUT2D eigenvalue weighted by Gasteiger charge is -2.28. The van der Waals surface area contributed by atoms with Crippen molar-refractivity contribution in [2.75, 3.05) is 45.8 Å². The molecule has 39 heavy (non-hydrogen) atoms. The van der Waals surface area contributed by atoms with E-state index in [4.69, 9.17) is 9.47 Å². The number of aromatic nitrogens is 1. The second-order valence-electron chi connectivity index (χ2n) is 9.13. The average molecular weight is 533 g/mol. The normalized spacial score (nSPS) is 10.8. The molecule has 8 nitrogen and oxygen atoms in total. The molecule has 0 aliphatic rings. The summed E-state index contributed by atoms with van der Waals surface area (Å²) in [4.78, 5) is 33.2. The van der Waals surface area contributed by atoms with Crippen LogP contribution in [0.1, 0.15) is 11.1 Å². The molecule has 0 fully saturated rings. The van der Waals surface area contributed by atoms with Gasteiger partial charge in [-0.3, -0.25) is 4.79 Å². The molecule has 3 aromatic carbocycles. The Balaban J connectivity index is 1.50. The van der Waals surface area contributed by atoms with Crippen LogP contribution in [0.25, 0.3) is 10.9 Å². The van der Waals surface area contributed by atoms with Crippen molar-refractivity contribution in [1.29, 1.82) is 0 Å². The molecule has 1 aromatic heterocycles. The van der Waals surface area contributed by atoms with E-state index in [1.54, 1.807) is 55.5 Å². The van der Waals surface area contributed by atoms with Gasteiger partial charge in [0.1, 0.15) is 18.1 Å². The van der Waals surface area contributed by atoms with Crippen molar-refractivity contribution < 1.29 is 23.5 Å². The number of benzene rings is 3. The van der Waals surface area contributed by atoms with E-state index in [1.165, 1.54) is 17.0 Å². The molecule has 0 bridgehead atoms. The lowest BCUT2D eigenvalue weighted by Crippen LogP contribution is -2.46. The van der Waals surface area contributed by atoms with Crippen LogP contribution in [0, 0.1) is 5.82 Å². The molecule has 4 rings (SSSR count). The van der Waals surface area contributed by atoms with Gasteiger partial charge in [-0.05, 0) is 47.9 Å². The van der Waals surface area contributed by atoms with Gasteiger partial charge < -0.3 is 29.6 Å². The third-order valence-corrected chi connectivity index (χ3v) is 6.47. The number of amides is 3. The zero-order valence-corrected chi connectivity index (χ0v) is 22.2. The number of anilines is 1. The first-order valence-corrected chi connectivity index (χ1v) is 12.7. The fourth-order valence-electron chi connectivity index (χ4n) is 4.32. The van der Waals surface area contributed by atoms with E-state index in [2.05, 4.69) is 10.3 Å². The van der Waals surface area contributed by atoms with Gasteiger partial charge in [-0.2, -0.15) is 0 Å². The number of halogens is 1. The second-order valence-corrected chi connectivity index (χ2v) is 9.13. The first kappa shape index (κ1) is 27.7. The molecule has 1 heterocycles. The number of nitrogens with one attached hydrogen (secondary N) is 2. The fourth-order valence-corrected chi connectivity index (χ4v) is 4.32. The molecule has 0 saturated carbocycles. The topological polar surface area (TPSA) is 86.9 Å². The molecule has 0 unspecified atom stereocenters. The Morgan fingerprint density at radius 2 is 1.74 bits per heavy atom. The number of carbonyl (C=O) groups is 2. The van der Waals surface area contributed by atoms with Crippen molar-refractivity contribution >= 4 is 28.5 Å². The molecule has 3 amide bonds. The van der Waals surface area contributed by atoms with Crippen LogP contribution >= 0.6 is 0 Å². The Morgan fingerprint density at radius 3 is 2.51 bits per heavy atom. The first-order valence-electron chi connectivity index (χ1n) is 12.7. The standard InChI is InChI=1S/C30H33FN4O4/c1-38-17-16-35(30(37)33-25-6-5-7-26(18-25)39-2)21-29(36)34(20-22-10-12-24(31)13-11-22)15-14-23-19-32-28-9-4-3-8-27(23)28/h3-13,18-19,32H,14-17,20-21H2,1-2H3,(H,33,37). The minimum Gasteiger partial charge on any atom is -0.497 e.